The second kappa shape index (κ2) is 3.18. The van der Waals surface area contributed by atoms with Crippen molar-refractivity contribution in [2.75, 3.05) is 0 Å². The van der Waals surface area contributed by atoms with E-state index in [4.69, 9.17) is 0 Å². The fourth-order valence-corrected chi connectivity index (χ4v) is 1.02. The van der Waals surface area contributed by atoms with E-state index >= 15 is 0 Å². The molecule has 0 aromatic carbocycles. The quantitative estimate of drug-likeness (QED) is 0.645. The Labute approximate surface area is 74.8 Å². The number of rotatable bonds is 1. The zero-order valence-electron chi connectivity index (χ0n) is 6.79. The largest absolute Gasteiger partial charge is 0.278 e. The zero-order chi connectivity index (χ0) is 9.10. The summed E-state index contributed by atoms with van der Waals surface area (Å²) in [5, 5.41) is 3.84. The van der Waals surface area contributed by atoms with E-state index in [2.05, 4.69) is 10.1 Å². The first-order valence-electron chi connectivity index (χ1n) is 3.82. The third kappa shape index (κ3) is 1.46. The van der Waals surface area contributed by atoms with Crippen LogP contribution >= 0.6 is 0 Å². The number of carbonyl (C=O) groups excluding carboxylic acids is 1. The number of carbonyl (C=O) groups is 1. The van der Waals surface area contributed by atoms with E-state index in [1.807, 2.05) is 0 Å². The smallest absolute Gasteiger partial charge is 0.267 e. The molecule has 0 atom stereocenters. The number of hydrogen-bond acceptors (Lipinski definition) is 3. The lowest BCUT2D eigenvalue weighted by atomic mass is 10.2. The molecule has 0 bridgehead atoms. The fourth-order valence-electron chi connectivity index (χ4n) is 1.02. The average Bonchev–Trinajstić information content (AvgIpc) is 2.71. The molecule has 2 rings (SSSR count). The highest BCUT2D eigenvalue weighted by atomic mass is 16.2. The molecule has 0 fully saturated rings. The van der Waals surface area contributed by atoms with Gasteiger partial charge < -0.3 is 0 Å². The Bertz CT molecular complexity index is 394. The number of nitrogens with zero attached hydrogens (tertiary/aromatic N) is 3. The topological polar surface area (TPSA) is 47.8 Å². The standard InChI is InChI=1S/C9H7N3O/c13-9(12-7-1-4-11-12)8-2-5-10-6-3-8/h1-7H. The predicted octanol–water partition coefficient (Wildman–Crippen LogP) is 0.967. The molecular weight excluding hydrogens is 166 g/mol. The van der Waals surface area contributed by atoms with E-state index < -0.39 is 0 Å². The van der Waals surface area contributed by atoms with E-state index in [0.717, 1.165) is 0 Å². The van der Waals surface area contributed by atoms with Crippen LogP contribution in [0.3, 0.4) is 0 Å². The SMILES string of the molecule is O=C(c1ccncc1)n1cccn1. The van der Waals surface area contributed by atoms with Crippen LogP contribution < -0.4 is 0 Å². The molecule has 13 heavy (non-hydrogen) atoms. The van der Waals surface area contributed by atoms with Gasteiger partial charge in [-0.2, -0.15) is 5.10 Å². The van der Waals surface area contributed by atoms with Crippen LogP contribution in [0.25, 0.3) is 0 Å². The summed E-state index contributed by atoms with van der Waals surface area (Å²) >= 11 is 0. The van der Waals surface area contributed by atoms with Crippen LogP contribution in [-0.2, 0) is 0 Å². The minimum atomic E-state index is -0.146. The summed E-state index contributed by atoms with van der Waals surface area (Å²) in [6, 6.07) is 5.02. The number of aromatic nitrogens is 3. The molecule has 2 aromatic rings. The molecule has 2 heterocycles. The van der Waals surface area contributed by atoms with Gasteiger partial charge in [0.1, 0.15) is 0 Å². The van der Waals surface area contributed by atoms with Gasteiger partial charge in [0.05, 0.1) is 0 Å². The molecule has 0 aliphatic rings. The molecule has 0 unspecified atom stereocenters. The lowest BCUT2D eigenvalue weighted by Gasteiger charge is -1.98. The molecule has 0 amide bonds. The lowest BCUT2D eigenvalue weighted by Crippen LogP contribution is -2.11. The summed E-state index contributed by atoms with van der Waals surface area (Å²) < 4.78 is 1.29. The van der Waals surface area contributed by atoms with E-state index in [1.165, 1.54) is 4.68 Å². The Hall–Kier alpha value is -1.97. The van der Waals surface area contributed by atoms with Crippen LogP contribution in [0.5, 0.6) is 0 Å². The highest BCUT2D eigenvalue weighted by molar-refractivity contribution is 5.95. The summed E-state index contributed by atoms with van der Waals surface area (Å²) in [7, 11) is 0. The van der Waals surface area contributed by atoms with Crippen molar-refractivity contribution < 1.29 is 4.79 Å². The van der Waals surface area contributed by atoms with Gasteiger partial charge in [-0.1, -0.05) is 0 Å². The van der Waals surface area contributed by atoms with E-state index in [0.29, 0.717) is 5.56 Å². The summed E-state index contributed by atoms with van der Waals surface area (Å²) in [6.07, 6.45) is 6.34. The first-order valence-corrected chi connectivity index (χ1v) is 3.82. The summed E-state index contributed by atoms with van der Waals surface area (Å²) in [5.74, 6) is -0.146. The Kier molecular flexibility index (Phi) is 1.88. The summed E-state index contributed by atoms with van der Waals surface area (Å²) in [5.41, 5.74) is 0.582. The normalized spacial score (nSPS) is 9.85. The first kappa shape index (κ1) is 7.67. The van der Waals surface area contributed by atoms with Crippen molar-refractivity contribution in [1.29, 1.82) is 0 Å². The molecule has 64 valence electrons. The minimum Gasteiger partial charge on any atom is -0.267 e. The molecule has 4 heteroatoms. The van der Waals surface area contributed by atoms with Crippen molar-refractivity contribution in [3.05, 3.63) is 48.5 Å². The van der Waals surface area contributed by atoms with Gasteiger partial charge in [0, 0.05) is 30.4 Å². The van der Waals surface area contributed by atoms with Gasteiger partial charge >= 0.3 is 0 Å². The summed E-state index contributed by atoms with van der Waals surface area (Å²) in [6.45, 7) is 0. The maximum Gasteiger partial charge on any atom is 0.278 e. The average molecular weight is 173 g/mol. The van der Waals surface area contributed by atoms with Gasteiger partial charge in [-0.25, -0.2) is 4.68 Å². The van der Waals surface area contributed by atoms with Crippen molar-refractivity contribution in [1.82, 2.24) is 14.8 Å². The Morgan fingerprint density at radius 2 is 2.00 bits per heavy atom. The first-order chi connectivity index (χ1) is 6.38. The van der Waals surface area contributed by atoms with Crippen molar-refractivity contribution in [2.45, 2.75) is 0 Å². The van der Waals surface area contributed by atoms with Gasteiger partial charge in [-0.3, -0.25) is 9.78 Å². The van der Waals surface area contributed by atoms with Crippen LogP contribution in [0, 0.1) is 0 Å². The van der Waals surface area contributed by atoms with Crippen LogP contribution in [-0.4, -0.2) is 20.7 Å². The summed E-state index contributed by atoms with van der Waals surface area (Å²) in [4.78, 5) is 15.4. The van der Waals surface area contributed by atoms with Crippen LogP contribution in [0.15, 0.2) is 43.0 Å². The Morgan fingerprint density at radius 3 is 2.62 bits per heavy atom. The molecule has 0 saturated carbocycles. The third-order valence-electron chi connectivity index (χ3n) is 1.64. The monoisotopic (exact) mass is 173 g/mol. The van der Waals surface area contributed by atoms with Gasteiger partial charge in [0.15, 0.2) is 0 Å². The van der Waals surface area contributed by atoms with E-state index in [9.17, 15) is 4.79 Å². The van der Waals surface area contributed by atoms with Gasteiger partial charge in [0.25, 0.3) is 5.91 Å². The van der Waals surface area contributed by atoms with Gasteiger partial charge in [-0.15, -0.1) is 0 Å². The Morgan fingerprint density at radius 1 is 1.23 bits per heavy atom. The molecule has 0 radical (unpaired) electrons. The van der Waals surface area contributed by atoms with Crippen molar-refractivity contribution in [3.63, 3.8) is 0 Å². The highest BCUT2D eigenvalue weighted by Crippen LogP contribution is 1.99. The second-order valence-corrected chi connectivity index (χ2v) is 2.49. The molecule has 4 nitrogen and oxygen atoms in total. The minimum absolute atomic E-state index is 0.146. The maximum atomic E-state index is 11.6. The second-order valence-electron chi connectivity index (χ2n) is 2.49. The maximum absolute atomic E-state index is 11.6. The van der Waals surface area contributed by atoms with E-state index in [1.54, 1.807) is 43.0 Å². The van der Waals surface area contributed by atoms with Crippen molar-refractivity contribution in [2.24, 2.45) is 0 Å². The molecule has 0 spiro atoms. The molecule has 0 N–H and O–H groups in total. The van der Waals surface area contributed by atoms with Crippen molar-refractivity contribution in [3.8, 4) is 0 Å². The Balaban J connectivity index is 2.34. The van der Waals surface area contributed by atoms with Crippen molar-refractivity contribution >= 4 is 5.91 Å². The number of hydrogen-bond donors (Lipinski definition) is 0. The highest BCUT2D eigenvalue weighted by Gasteiger charge is 2.06. The van der Waals surface area contributed by atoms with Crippen LogP contribution in [0.1, 0.15) is 10.4 Å². The molecule has 0 aliphatic heterocycles. The van der Waals surface area contributed by atoms with Gasteiger partial charge in [-0.05, 0) is 18.2 Å². The zero-order valence-corrected chi connectivity index (χ0v) is 6.79. The fraction of sp³-hybridized carbons (Fsp3) is 0. The van der Waals surface area contributed by atoms with Crippen LogP contribution in [0.2, 0.25) is 0 Å². The van der Waals surface area contributed by atoms with E-state index in [-0.39, 0.29) is 5.91 Å². The third-order valence-corrected chi connectivity index (χ3v) is 1.64. The number of pyridine rings is 1. The molecule has 2 aromatic heterocycles. The molecule has 0 saturated heterocycles. The predicted molar refractivity (Wildman–Crippen MR) is 46.2 cm³/mol. The molecule has 0 aliphatic carbocycles. The van der Waals surface area contributed by atoms with Crippen LogP contribution in [0.4, 0.5) is 0 Å². The lowest BCUT2D eigenvalue weighted by molar-refractivity contribution is 0.0945. The van der Waals surface area contributed by atoms with Gasteiger partial charge in [0.2, 0.25) is 0 Å². The molecular formula is C9H7N3O.